The average Bonchev–Trinajstić information content (AvgIpc) is 2.50. The van der Waals surface area contributed by atoms with Gasteiger partial charge in [-0.15, -0.1) is 0 Å². The minimum Gasteiger partial charge on any atom is -0.489 e. The molecule has 1 aliphatic carbocycles. The number of fused-ring (bicyclic) bond motifs is 1. The van der Waals surface area contributed by atoms with Crippen LogP contribution in [0.2, 0.25) is 0 Å². The number of carbonyl (C=O) groups is 1. The van der Waals surface area contributed by atoms with Crippen LogP contribution in [0.5, 0.6) is 5.75 Å². The molecule has 0 spiro atoms. The lowest BCUT2D eigenvalue weighted by molar-refractivity contribution is -0.122. The summed E-state index contributed by atoms with van der Waals surface area (Å²) >= 11 is 0. The molecular weight excluding hydrogens is 276 g/mol. The fraction of sp³-hybridized carbons (Fsp3) is 0.611. The molecule has 1 saturated carbocycles. The highest BCUT2D eigenvalue weighted by Crippen LogP contribution is 2.28. The van der Waals surface area contributed by atoms with Crippen molar-refractivity contribution in [1.29, 1.82) is 0 Å². The molecule has 2 N–H and O–H groups in total. The molecule has 0 bridgehead atoms. The van der Waals surface area contributed by atoms with Gasteiger partial charge in [-0.05, 0) is 25.0 Å². The van der Waals surface area contributed by atoms with Crippen molar-refractivity contribution in [2.75, 3.05) is 11.9 Å². The normalized spacial score (nSPS) is 22.5. The van der Waals surface area contributed by atoms with Crippen LogP contribution in [0.4, 0.5) is 5.69 Å². The third-order valence-corrected chi connectivity index (χ3v) is 4.59. The number of anilines is 1. The van der Waals surface area contributed by atoms with Gasteiger partial charge >= 0.3 is 0 Å². The molecular formula is C18H26N2O2. The summed E-state index contributed by atoms with van der Waals surface area (Å²) in [4.78, 5) is 12.3. The summed E-state index contributed by atoms with van der Waals surface area (Å²) in [5, 5.41) is 6.63. The summed E-state index contributed by atoms with van der Waals surface area (Å²) in [7, 11) is 0. The lowest BCUT2D eigenvalue weighted by Gasteiger charge is -2.28. The maximum Gasteiger partial charge on any atom is 0.222 e. The second kappa shape index (κ2) is 7.52. The first-order chi connectivity index (χ1) is 10.8. The molecule has 1 fully saturated rings. The summed E-state index contributed by atoms with van der Waals surface area (Å²) in [5.74, 6) is 1.02. The summed E-state index contributed by atoms with van der Waals surface area (Å²) < 4.78 is 5.72. The Morgan fingerprint density at radius 3 is 2.68 bits per heavy atom. The van der Waals surface area contributed by atoms with Crippen molar-refractivity contribution in [2.45, 2.75) is 63.5 Å². The van der Waals surface area contributed by atoms with Gasteiger partial charge in [0.25, 0.3) is 0 Å². The van der Waals surface area contributed by atoms with Crippen LogP contribution in [-0.2, 0) is 4.79 Å². The number of amides is 1. The van der Waals surface area contributed by atoms with Gasteiger partial charge in [0.15, 0.2) is 0 Å². The van der Waals surface area contributed by atoms with Gasteiger partial charge in [0.05, 0.1) is 18.2 Å². The van der Waals surface area contributed by atoms with Crippen molar-refractivity contribution < 1.29 is 9.53 Å². The lowest BCUT2D eigenvalue weighted by atomic mass is 9.96. The molecule has 0 saturated heterocycles. The van der Waals surface area contributed by atoms with E-state index in [0.29, 0.717) is 19.1 Å². The minimum absolute atomic E-state index is 0.0588. The fourth-order valence-electron chi connectivity index (χ4n) is 3.38. The molecule has 0 radical (unpaired) electrons. The number of rotatable bonds is 3. The molecule has 4 nitrogen and oxygen atoms in total. The number of carbonyl (C=O) groups excluding carboxylic acids is 1. The van der Waals surface area contributed by atoms with E-state index in [0.717, 1.165) is 24.3 Å². The maximum atomic E-state index is 12.3. The zero-order valence-electron chi connectivity index (χ0n) is 13.1. The van der Waals surface area contributed by atoms with Crippen molar-refractivity contribution in [2.24, 2.45) is 0 Å². The Labute approximate surface area is 132 Å². The van der Waals surface area contributed by atoms with E-state index in [1.807, 2.05) is 24.3 Å². The van der Waals surface area contributed by atoms with Crippen LogP contribution in [0.1, 0.15) is 51.4 Å². The van der Waals surface area contributed by atoms with Crippen LogP contribution in [0, 0.1) is 0 Å². The predicted octanol–water partition coefficient (Wildman–Crippen LogP) is 3.48. The number of hydrogen-bond donors (Lipinski definition) is 2. The molecule has 1 aromatic carbocycles. The molecule has 0 aromatic heterocycles. The van der Waals surface area contributed by atoms with E-state index < -0.39 is 0 Å². The van der Waals surface area contributed by atoms with Crippen LogP contribution in [-0.4, -0.2) is 24.6 Å². The molecule has 2 aliphatic rings. The Balaban J connectivity index is 1.47. The van der Waals surface area contributed by atoms with Crippen LogP contribution in [0.15, 0.2) is 24.3 Å². The zero-order chi connectivity index (χ0) is 15.2. The third kappa shape index (κ3) is 4.15. The summed E-state index contributed by atoms with van der Waals surface area (Å²) in [6.07, 6.45) is 9.18. The van der Waals surface area contributed by atoms with Gasteiger partial charge in [0.2, 0.25) is 5.91 Å². The van der Waals surface area contributed by atoms with E-state index in [1.165, 1.54) is 32.1 Å². The maximum absolute atomic E-state index is 12.3. The third-order valence-electron chi connectivity index (χ3n) is 4.59. The largest absolute Gasteiger partial charge is 0.489 e. The average molecular weight is 302 g/mol. The quantitative estimate of drug-likeness (QED) is 0.899. The number of nitrogens with one attached hydrogen (secondary N) is 2. The smallest absolute Gasteiger partial charge is 0.222 e. The minimum atomic E-state index is 0.0588. The van der Waals surface area contributed by atoms with Crippen molar-refractivity contribution >= 4 is 11.6 Å². The summed E-state index contributed by atoms with van der Waals surface area (Å²) in [6.45, 7) is 0.551. The van der Waals surface area contributed by atoms with E-state index in [1.54, 1.807) is 0 Å². The molecule has 1 atom stereocenters. The van der Waals surface area contributed by atoms with Gasteiger partial charge in [-0.25, -0.2) is 0 Å². The highest BCUT2D eigenvalue weighted by molar-refractivity contribution is 5.77. The zero-order valence-corrected chi connectivity index (χ0v) is 13.1. The Bertz CT molecular complexity index is 496. The van der Waals surface area contributed by atoms with Gasteiger partial charge in [0, 0.05) is 6.04 Å². The van der Waals surface area contributed by atoms with Crippen molar-refractivity contribution in [3.8, 4) is 5.75 Å². The van der Waals surface area contributed by atoms with Gasteiger partial charge in [-0.3, -0.25) is 4.79 Å². The Hall–Kier alpha value is -1.71. The van der Waals surface area contributed by atoms with Crippen LogP contribution < -0.4 is 15.4 Å². The van der Waals surface area contributed by atoms with Crippen molar-refractivity contribution in [3.05, 3.63) is 24.3 Å². The number of ether oxygens (including phenoxy) is 1. The molecule has 1 unspecified atom stereocenters. The number of para-hydroxylation sites is 2. The summed E-state index contributed by atoms with van der Waals surface area (Å²) in [6, 6.07) is 8.31. The van der Waals surface area contributed by atoms with Crippen LogP contribution in [0.3, 0.4) is 0 Å². The van der Waals surface area contributed by atoms with Crippen LogP contribution in [0.25, 0.3) is 0 Å². The molecule has 22 heavy (non-hydrogen) atoms. The van der Waals surface area contributed by atoms with E-state index in [2.05, 4.69) is 10.6 Å². The molecule has 1 amide bonds. The van der Waals surface area contributed by atoms with E-state index in [-0.39, 0.29) is 11.9 Å². The van der Waals surface area contributed by atoms with E-state index in [9.17, 15) is 4.79 Å². The van der Waals surface area contributed by atoms with E-state index in [4.69, 9.17) is 4.74 Å². The molecule has 4 heteroatoms. The number of benzene rings is 1. The SMILES string of the molecule is O=C(CC1COc2ccccc2N1)NC1CCCCCCC1. The highest BCUT2D eigenvalue weighted by atomic mass is 16.5. The lowest BCUT2D eigenvalue weighted by Crippen LogP contribution is -2.41. The fourth-order valence-corrected chi connectivity index (χ4v) is 3.38. The standard InChI is InChI=1S/C18H26N2O2/c21-18(20-14-8-4-2-1-3-5-9-14)12-15-13-22-17-11-7-6-10-16(17)19-15/h6-7,10-11,14-15,19H,1-5,8-9,12-13H2,(H,20,21). The highest BCUT2D eigenvalue weighted by Gasteiger charge is 2.22. The van der Waals surface area contributed by atoms with Crippen LogP contribution >= 0.6 is 0 Å². The Kier molecular flexibility index (Phi) is 5.20. The molecule has 1 heterocycles. The van der Waals surface area contributed by atoms with Gasteiger partial charge in [-0.1, -0.05) is 44.2 Å². The first kappa shape index (κ1) is 15.2. The first-order valence-corrected chi connectivity index (χ1v) is 8.59. The molecule has 3 rings (SSSR count). The topological polar surface area (TPSA) is 50.4 Å². The van der Waals surface area contributed by atoms with Crippen molar-refractivity contribution in [1.82, 2.24) is 5.32 Å². The first-order valence-electron chi connectivity index (χ1n) is 8.59. The van der Waals surface area contributed by atoms with E-state index >= 15 is 0 Å². The monoisotopic (exact) mass is 302 g/mol. The molecule has 1 aliphatic heterocycles. The molecule has 1 aromatic rings. The Morgan fingerprint density at radius 1 is 1.14 bits per heavy atom. The van der Waals surface area contributed by atoms with Gasteiger partial charge in [0.1, 0.15) is 12.4 Å². The van der Waals surface area contributed by atoms with Crippen molar-refractivity contribution in [3.63, 3.8) is 0 Å². The number of hydrogen-bond acceptors (Lipinski definition) is 3. The predicted molar refractivity (Wildman–Crippen MR) is 88.2 cm³/mol. The second-order valence-electron chi connectivity index (χ2n) is 6.46. The van der Waals surface area contributed by atoms with Gasteiger partial charge in [-0.2, -0.15) is 0 Å². The summed E-state index contributed by atoms with van der Waals surface area (Å²) in [5.41, 5.74) is 0.984. The Morgan fingerprint density at radius 2 is 1.86 bits per heavy atom. The van der Waals surface area contributed by atoms with Gasteiger partial charge < -0.3 is 15.4 Å². The molecule has 120 valence electrons. The second-order valence-corrected chi connectivity index (χ2v) is 6.46.